The van der Waals surface area contributed by atoms with Gasteiger partial charge in [0.2, 0.25) is 0 Å². The minimum atomic E-state index is 0.644. The second-order valence-electron chi connectivity index (χ2n) is 7.21. The fraction of sp³-hybridized carbons (Fsp3) is 0.0800. The molecule has 5 aromatic rings. The molecule has 0 aliphatic carbocycles. The molecule has 1 aromatic carbocycles. The summed E-state index contributed by atoms with van der Waals surface area (Å²) in [6, 6.07) is 18.2. The first kappa shape index (κ1) is 18.8. The van der Waals surface area contributed by atoms with Gasteiger partial charge in [-0.25, -0.2) is 9.97 Å². The highest BCUT2D eigenvalue weighted by Gasteiger charge is 2.11. The summed E-state index contributed by atoms with van der Waals surface area (Å²) in [5.74, 6) is 1.43. The number of hydrogen-bond acceptors (Lipinski definition) is 6. The van der Waals surface area contributed by atoms with Crippen molar-refractivity contribution >= 4 is 16.7 Å². The van der Waals surface area contributed by atoms with Crippen LogP contribution in [0.3, 0.4) is 0 Å². The van der Waals surface area contributed by atoms with Crippen LogP contribution in [0.5, 0.6) is 0 Å². The molecule has 0 amide bonds. The zero-order valence-electron chi connectivity index (χ0n) is 17.0. The Morgan fingerprint density at radius 1 is 0.806 bits per heavy atom. The molecule has 0 saturated carbocycles. The van der Waals surface area contributed by atoms with Crippen molar-refractivity contribution in [3.05, 3.63) is 96.8 Å². The fourth-order valence-electron chi connectivity index (χ4n) is 3.55. The van der Waals surface area contributed by atoms with Crippen LogP contribution >= 0.6 is 0 Å². The van der Waals surface area contributed by atoms with Gasteiger partial charge in [-0.1, -0.05) is 24.3 Å². The van der Waals surface area contributed by atoms with Gasteiger partial charge in [0, 0.05) is 53.5 Å². The Bertz CT molecular complexity index is 1350. The summed E-state index contributed by atoms with van der Waals surface area (Å²) in [6.07, 6.45) is 8.91. The largest absolute Gasteiger partial charge is 0.365 e. The molecule has 0 bridgehead atoms. The van der Waals surface area contributed by atoms with E-state index in [2.05, 4.69) is 38.5 Å². The van der Waals surface area contributed by atoms with E-state index in [4.69, 9.17) is 9.97 Å². The minimum Gasteiger partial charge on any atom is -0.365 e. The van der Waals surface area contributed by atoms with Gasteiger partial charge < -0.3 is 5.32 Å². The van der Waals surface area contributed by atoms with Gasteiger partial charge in [0.1, 0.15) is 5.82 Å². The van der Waals surface area contributed by atoms with Crippen molar-refractivity contribution in [1.82, 2.24) is 24.9 Å². The third-order valence-electron chi connectivity index (χ3n) is 5.15. The maximum atomic E-state index is 4.86. The van der Waals surface area contributed by atoms with Gasteiger partial charge in [0.25, 0.3) is 0 Å². The summed E-state index contributed by atoms with van der Waals surface area (Å²) < 4.78 is 0. The number of anilines is 1. The van der Waals surface area contributed by atoms with Crippen molar-refractivity contribution in [2.24, 2.45) is 0 Å². The first-order valence-electron chi connectivity index (χ1n) is 10.0. The third kappa shape index (κ3) is 3.96. The number of aryl methyl sites for hydroxylation is 1. The van der Waals surface area contributed by atoms with E-state index in [1.165, 1.54) is 0 Å². The Morgan fingerprint density at radius 2 is 1.65 bits per heavy atom. The lowest BCUT2D eigenvalue weighted by Crippen LogP contribution is -2.04. The summed E-state index contributed by atoms with van der Waals surface area (Å²) >= 11 is 0. The van der Waals surface area contributed by atoms with Crippen LogP contribution < -0.4 is 5.32 Å². The molecule has 31 heavy (non-hydrogen) atoms. The number of pyridine rings is 3. The quantitative estimate of drug-likeness (QED) is 0.441. The molecule has 0 radical (unpaired) electrons. The Kier molecular flexibility index (Phi) is 5.02. The van der Waals surface area contributed by atoms with Crippen LogP contribution in [0, 0.1) is 6.92 Å². The molecule has 150 valence electrons. The molecule has 5 rings (SSSR count). The normalized spacial score (nSPS) is 10.9. The van der Waals surface area contributed by atoms with Crippen LogP contribution in [0.15, 0.2) is 85.6 Å². The molecule has 0 aliphatic heterocycles. The number of benzene rings is 1. The molecular weight excluding hydrogens is 384 g/mol. The predicted octanol–water partition coefficient (Wildman–Crippen LogP) is 5.07. The summed E-state index contributed by atoms with van der Waals surface area (Å²) in [7, 11) is 0. The zero-order chi connectivity index (χ0) is 21.0. The average molecular weight is 404 g/mol. The smallest absolute Gasteiger partial charge is 0.162 e. The van der Waals surface area contributed by atoms with E-state index in [0.29, 0.717) is 12.4 Å². The summed E-state index contributed by atoms with van der Waals surface area (Å²) in [5.41, 5.74) is 6.05. The van der Waals surface area contributed by atoms with Crippen molar-refractivity contribution < 1.29 is 0 Å². The van der Waals surface area contributed by atoms with E-state index >= 15 is 0 Å². The van der Waals surface area contributed by atoms with E-state index in [0.717, 1.165) is 44.7 Å². The van der Waals surface area contributed by atoms with Crippen molar-refractivity contribution in [1.29, 1.82) is 0 Å². The molecule has 0 atom stereocenters. The van der Waals surface area contributed by atoms with Crippen LogP contribution in [0.2, 0.25) is 0 Å². The third-order valence-corrected chi connectivity index (χ3v) is 5.15. The van der Waals surface area contributed by atoms with E-state index in [9.17, 15) is 0 Å². The van der Waals surface area contributed by atoms with Crippen LogP contribution in [0.25, 0.3) is 33.4 Å². The molecule has 0 fully saturated rings. The molecule has 0 saturated heterocycles. The van der Waals surface area contributed by atoms with Crippen molar-refractivity contribution in [2.45, 2.75) is 13.5 Å². The second-order valence-corrected chi connectivity index (χ2v) is 7.21. The maximum absolute atomic E-state index is 4.86. The van der Waals surface area contributed by atoms with Crippen LogP contribution in [0.4, 0.5) is 5.82 Å². The van der Waals surface area contributed by atoms with Gasteiger partial charge in [0.15, 0.2) is 5.82 Å². The highest BCUT2D eigenvalue weighted by Crippen LogP contribution is 2.29. The first-order valence-corrected chi connectivity index (χ1v) is 10.0. The van der Waals surface area contributed by atoms with Gasteiger partial charge in [-0.05, 0) is 48.4 Å². The lowest BCUT2D eigenvalue weighted by molar-refractivity contribution is 1.09. The predicted molar refractivity (Wildman–Crippen MR) is 122 cm³/mol. The van der Waals surface area contributed by atoms with Crippen molar-refractivity contribution in [3.8, 4) is 22.5 Å². The highest BCUT2D eigenvalue weighted by molar-refractivity contribution is 5.90. The minimum absolute atomic E-state index is 0.644. The zero-order valence-corrected chi connectivity index (χ0v) is 17.0. The lowest BCUT2D eigenvalue weighted by atomic mass is 10.0. The molecule has 0 aliphatic rings. The Balaban J connectivity index is 1.56. The molecule has 0 unspecified atom stereocenters. The molecule has 4 heterocycles. The van der Waals surface area contributed by atoms with E-state index in [-0.39, 0.29) is 0 Å². The van der Waals surface area contributed by atoms with Gasteiger partial charge in [-0.15, -0.1) is 0 Å². The molecule has 6 heteroatoms. The molecular formula is C25H20N6. The SMILES string of the molecule is Cc1ncccc1-c1cccc(-c2nc(NCc3ccncc3)c3ccncc3n2)c1. The number of fused-ring (bicyclic) bond motifs is 1. The number of rotatable bonds is 5. The second kappa shape index (κ2) is 8.28. The van der Waals surface area contributed by atoms with E-state index in [1.54, 1.807) is 24.8 Å². The number of nitrogens with zero attached hydrogens (tertiary/aromatic N) is 5. The highest BCUT2D eigenvalue weighted by atomic mass is 15.0. The van der Waals surface area contributed by atoms with Crippen LogP contribution in [0.1, 0.15) is 11.3 Å². The number of nitrogens with one attached hydrogen (secondary N) is 1. The Morgan fingerprint density at radius 3 is 2.52 bits per heavy atom. The summed E-state index contributed by atoms with van der Waals surface area (Å²) in [5, 5.41) is 4.39. The van der Waals surface area contributed by atoms with Crippen LogP contribution in [-0.4, -0.2) is 24.9 Å². The standard InChI is InChI=1S/C25H20N6/c1-17-21(6-3-10-28-17)19-4-2-5-20(14-19)24-30-23-16-27-13-9-22(23)25(31-24)29-15-18-7-11-26-12-8-18/h2-14,16H,15H2,1H3,(H,29,30,31). The molecule has 6 nitrogen and oxygen atoms in total. The van der Waals surface area contributed by atoms with Crippen molar-refractivity contribution in [3.63, 3.8) is 0 Å². The topological polar surface area (TPSA) is 76.5 Å². The Labute approximate surface area is 180 Å². The molecule has 4 aromatic heterocycles. The van der Waals surface area contributed by atoms with Gasteiger partial charge in [-0.2, -0.15) is 0 Å². The summed E-state index contributed by atoms with van der Waals surface area (Å²) in [4.78, 5) is 22.4. The van der Waals surface area contributed by atoms with E-state index in [1.807, 2.05) is 49.5 Å². The molecule has 0 spiro atoms. The lowest BCUT2D eigenvalue weighted by Gasteiger charge is -2.12. The van der Waals surface area contributed by atoms with Gasteiger partial charge in [-0.3, -0.25) is 15.0 Å². The van der Waals surface area contributed by atoms with E-state index < -0.39 is 0 Å². The van der Waals surface area contributed by atoms with Gasteiger partial charge in [0.05, 0.1) is 11.7 Å². The number of aromatic nitrogens is 5. The fourth-order valence-corrected chi connectivity index (χ4v) is 3.55. The van der Waals surface area contributed by atoms with Crippen LogP contribution in [-0.2, 0) is 6.54 Å². The molecule has 1 N–H and O–H groups in total. The van der Waals surface area contributed by atoms with Gasteiger partial charge >= 0.3 is 0 Å². The monoisotopic (exact) mass is 404 g/mol. The summed E-state index contributed by atoms with van der Waals surface area (Å²) in [6.45, 7) is 2.66. The number of hydrogen-bond donors (Lipinski definition) is 1. The van der Waals surface area contributed by atoms with Crippen molar-refractivity contribution in [2.75, 3.05) is 5.32 Å². The average Bonchev–Trinajstić information content (AvgIpc) is 2.83. The first-order chi connectivity index (χ1) is 15.3. The maximum Gasteiger partial charge on any atom is 0.162 e. The Hall–Kier alpha value is -4.19.